The highest BCUT2D eigenvalue weighted by molar-refractivity contribution is 5.85. The number of rotatable bonds is 3. The Hall–Kier alpha value is -3.33. The zero-order valence-corrected chi connectivity index (χ0v) is 19.2. The largest absolute Gasteiger partial charge is 0.408 e. The van der Waals surface area contributed by atoms with Gasteiger partial charge in [0.15, 0.2) is 11.5 Å². The summed E-state index contributed by atoms with van der Waals surface area (Å²) in [6, 6.07) is 11.0. The van der Waals surface area contributed by atoms with Crippen LogP contribution in [0.3, 0.4) is 0 Å². The van der Waals surface area contributed by atoms with Crippen LogP contribution in [0.15, 0.2) is 48.7 Å². The average Bonchev–Trinajstić information content (AvgIpc) is 3.37. The highest BCUT2D eigenvalue weighted by atomic mass is 19.4. The van der Waals surface area contributed by atoms with Crippen LogP contribution >= 0.6 is 0 Å². The topological polar surface area (TPSA) is 70.2 Å². The molecule has 1 atom stereocenters. The second-order valence-corrected chi connectivity index (χ2v) is 9.81. The Balaban J connectivity index is 1.64. The van der Waals surface area contributed by atoms with Crippen LogP contribution in [-0.2, 0) is 5.41 Å². The molecule has 1 aromatic carbocycles. The summed E-state index contributed by atoms with van der Waals surface area (Å²) >= 11 is 0. The molecule has 1 N–H and O–H groups in total. The van der Waals surface area contributed by atoms with Crippen molar-refractivity contribution < 1.29 is 13.2 Å². The molecule has 4 aromatic rings. The van der Waals surface area contributed by atoms with E-state index in [0.29, 0.717) is 29.3 Å². The molecule has 0 bridgehead atoms. The summed E-state index contributed by atoms with van der Waals surface area (Å²) in [4.78, 5) is 6.16. The molecule has 0 aliphatic carbocycles. The molecule has 1 fully saturated rings. The first-order valence-corrected chi connectivity index (χ1v) is 11.1. The number of nitrogens with one attached hydrogen (secondary N) is 1. The van der Waals surface area contributed by atoms with Gasteiger partial charge in [0.25, 0.3) is 0 Å². The number of likely N-dealkylation sites (tertiary alicyclic amines) is 1. The number of halogens is 3. The van der Waals surface area contributed by atoms with Gasteiger partial charge in [-0.1, -0.05) is 51.1 Å². The van der Waals surface area contributed by atoms with Gasteiger partial charge in [-0.3, -0.25) is 9.30 Å². The fourth-order valence-electron chi connectivity index (χ4n) is 4.63. The van der Waals surface area contributed by atoms with Crippen LogP contribution in [-0.4, -0.2) is 49.5 Å². The van der Waals surface area contributed by atoms with E-state index in [-0.39, 0.29) is 24.1 Å². The predicted octanol–water partition coefficient (Wildman–Crippen LogP) is 5.57. The van der Waals surface area contributed by atoms with Gasteiger partial charge in [0.1, 0.15) is 11.7 Å². The van der Waals surface area contributed by atoms with E-state index in [2.05, 4.69) is 31.0 Å². The van der Waals surface area contributed by atoms with E-state index in [0.717, 1.165) is 16.5 Å². The third-order valence-corrected chi connectivity index (χ3v) is 6.27. The monoisotopic (exact) mass is 466 g/mol. The first kappa shape index (κ1) is 22.5. The summed E-state index contributed by atoms with van der Waals surface area (Å²) in [7, 11) is 0. The normalized spacial score (nSPS) is 16.6. The molecule has 34 heavy (non-hydrogen) atoms. The smallest absolute Gasteiger partial charge is 0.308 e. The SMILES string of the molecule is CC(C)(C)c1cccc2ccc(-c3nnc4ccc([C@@H](N5CCC(=N)C5)C(F)(F)F)cn34)nc12. The lowest BCUT2D eigenvalue weighted by atomic mass is 9.85. The fourth-order valence-corrected chi connectivity index (χ4v) is 4.63. The van der Waals surface area contributed by atoms with Crippen LogP contribution in [0.2, 0.25) is 0 Å². The Bertz CT molecular complexity index is 1400. The zero-order valence-electron chi connectivity index (χ0n) is 19.2. The predicted molar refractivity (Wildman–Crippen MR) is 125 cm³/mol. The second-order valence-electron chi connectivity index (χ2n) is 9.81. The van der Waals surface area contributed by atoms with Crippen LogP contribution in [0, 0.1) is 5.41 Å². The molecular formula is C25H25F3N6. The van der Waals surface area contributed by atoms with Crippen LogP contribution in [0.5, 0.6) is 0 Å². The number of alkyl halides is 3. The standard InChI is InChI=1S/C25H25F3N6/c1-24(2,3)18-6-4-5-15-7-9-19(30-21(15)18)23-32-31-20-10-8-16(13-34(20)23)22(25(26,27)28)33-12-11-17(29)14-33/h4-10,13,22,29H,11-12,14H2,1-3H3/t22-/m1/s1. The van der Waals surface area contributed by atoms with Gasteiger partial charge in [-0.2, -0.15) is 13.2 Å². The number of fused-ring (bicyclic) bond motifs is 2. The Kier molecular flexibility index (Phi) is 5.20. The molecule has 0 unspecified atom stereocenters. The molecule has 3 aromatic heterocycles. The highest BCUT2D eigenvalue weighted by Crippen LogP contribution is 2.39. The molecule has 0 radical (unpaired) electrons. The van der Waals surface area contributed by atoms with Crippen molar-refractivity contribution in [2.24, 2.45) is 0 Å². The van der Waals surface area contributed by atoms with E-state index in [4.69, 9.17) is 10.4 Å². The molecule has 9 heteroatoms. The number of hydrogen-bond acceptors (Lipinski definition) is 5. The first-order chi connectivity index (χ1) is 16.0. The van der Waals surface area contributed by atoms with Crippen LogP contribution in [0.25, 0.3) is 28.1 Å². The maximum atomic E-state index is 14.1. The van der Waals surface area contributed by atoms with Gasteiger partial charge in [-0.25, -0.2) is 4.98 Å². The van der Waals surface area contributed by atoms with Crippen LogP contribution < -0.4 is 0 Å². The molecule has 0 amide bonds. The third kappa shape index (κ3) is 3.94. The number of aromatic nitrogens is 4. The fraction of sp³-hybridized carbons (Fsp3) is 0.360. The number of nitrogens with zero attached hydrogens (tertiary/aromatic N) is 5. The van der Waals surface area contributed by atoms with Gasteiger partial charge < -0.3 is 5.41 Å². The van der Waals surface area contributed by atoms with Crippen molar-refractivity contribution in [1.29, 1.82) is 5.41 Å². The number of benzene rings is 1. The molecule has 6 nitrogen and oxygen atoms in total. The highest BCUT2D eigenvalue weighted by Gasteiger charge is 2.46. The Morgan fingerprint density at radius 3 is 2.47 bits per heavy atom. The van der Waals surface area contributed by atoms with Gasteiger partial charge in [-0.15, -0.1) is 10.2 Å². The summed E-state index contributed by atoms with van der Waals surface area (Å²) < 4.78 is 43.9. The van der Waals surface area contributed by atoms with Crippen molar-refractivity contribution in [3.05, 3.63) is 59.8 Å². The van der Waals surface area contributed by atoms with E-state index >= 15 is 0 Å². The summed E-state index contributed by atoms with van der Waals surface area (Å²) in [5.74, 6) is 0.387. The van der Waals surface area contributed by atoms with Crippen molar-refractivity contribution in [1.82, 2.24) is 24.5 Å². The van der Waals surface area contributed by atoms with Gasteiger partial charge in [0, 0.05) is 30.4 Å². The van der Waals surface area contributed by atoms with Gasteiger partial charge in [-0.05, 0) is 35.1 Å². The van der Waals surface area contributed by atoms with E-state index in [9.17, 15) is 13.2 Å². The molecular weight excluding hydrogens is 441 g/mol. The Morgan fingerprint density at radius 1 is 1.00 bits per heavy atom. The average molecular weight is 467 g/mol. The lowest BCUT2D eigenvalue weighted by molar-refractivity contribution is -0.183. The molecule has 0 spiro atoms. The van der Waals surface area contributed by atoms with Crippen molar-refractivity contribution >= 4 is 22.3 Å². The van der Waals surface area contributed by atoms with E-state index in [1.54, 1.807) is 10.5 Å². The minimum Gasteiger partial charge on any atom is -0.308 e. The zero-order chi connectivity index (χ0) is 24.3. The van der Waals surface area contributed by atoms with E-state index in [1.807, 2.05) is 30.3 Å². The van der Waals surface area contributed by atoms with E-state index in [1.165, 1.54) is 17.2 Å². The van der Waals surface area contributed by atoms with Crippen LogP contribution in [0.1, 0.15) is 44.4 Å². The maximum Gasteiger partial charge on any atom is 0.408 e. The molecule has 4 heterocycles. The summed E-state index contributed by atoms with van der Waals surface area (Å²) in [5, 5.41) is 17.2. The van der Waals surface area contributed by atoms with Gasteiger partial charge in [0.05, 0.1) is 5.52 Å². The Labute approximate surface area is 195 Å². The van der Waals surface area contributed by atoms with Crippen molar-refractivity contribution in [2.45, 2.75) is 44.8 Å². The quantitative estimate of drug-likeness (QED) is 0.429. The summed E-state index contributed by atoms with van der Waals surface area (Å²) in [5.41, 5.74) is 3.18. The van der Waals surface area contributed by atoms with Crippen molar-refractivity contribution in [3.63, 3.8) is 0 Å². The molecule has 1 aliphatic heterocycles. The molecule has 176 valence electrons. The summed E-state index contributed by atoms with van der Waals surface area (Å²) in [6.07, 6.45) is -2.68. The molecule has 0 saturated carbocycles. The van der Waals surface area contributed by atoms with Crippen LogP contribution in [0.4, 0.5) is 13.2 Å². The second kappa shape index (κ2) is 7.87. The molecule has 5 rings (SSSR count). The van der Waals surface area contributed by atoms with Crippen molar-refractivity contribution in [3.8, 4) is 11.5 Å². The van der Waals surface area contributed by atoms with Crippen molar-refractivity contribution in [2.75, 3.05) is 13.1 Å². The molecule has 1 aliphatic rings. The summed E-state index contributed by atoms with van der Waals surface area (Å²) in [6.45, 7) is 6.57. The lowest BCUT2D eigenvalue weighted by Gasteiger charge is -2.29. The first-order valence-electron chi connectivity index (χ1n) is 11.1. The number of hydrogen-bond donors (Lipinski definition) is 1. The van der Waals surface area contributed by atoms with Gasteiger partial charge >= 0.3 is 6.18 Å². The third-order valence-electron chi connectivity index (χ3n) is 6.27. The lowest BCUT2D eigenvalue weighted by Crippen LogP contribution is -2.37. The van der Waals surface area contributed by atoms with E-state index < -0.39 is 12.2 Å². The van der Waals surface area contributed by atoms with Gasteiger partial charge in [0.2, 0.25) is 0 Å². The number of pyridine rings is 2. The maximum absolute atomic E-state index is 14.1. The minimum absolute atomic E-state index is 0.0130. The molecule has 1 saturated heterocycles. The minimum atomic E-state index is -4.48. The number of para-hydroxylation sites is 1. The Morgan fingerprint density at radius 2 is 1.79 bits per heavy atom.